The van der Waals surface area contributed by atoms with Gasteiger partial charge >= 0.3 is 0 Å². The molecule has 1 saturated carbocycles. The molecule has 4 heteroatoms. The van der Waals surface area contributed by atoms with E-state index in [1.54, 1.807) is 0 Å². The minimum atomic E-state index is 0.328. The Hall–Kier alpha value is -1.55. The number of nitrogens with zero attached hydrogens (tertiary/aromatic N) is 1. The Balaban J connectivity index is 1.79. The molecular weight excluding hydrogens is 238 g/mol. The van der Waals surface area contributed by atoms with E-state index in [-0.39, 0.29) is 0 Å². The van der Waals surface area contributed by atoms with Crippen LogP contribution >= 0.6 is 0 Å². The number of ether oxygens (including phenoxy) is 1. The Morgan fingerprint density at radius 1 is 1.37 bits per heavy atom. The summed E-state index contributed by atoms with van der Waals surface area (Å²) in [5.74, 6) is 0.996. The average Bonchev–Trinajstić information content (AvgIpc) is 2.91. The minimum absolute atomic E-state index is 0.328. The summed E-state index contributed by atoms with van der Waals surface area (Å²) in [6, 6.07) is 4.69. The van der Waals surface area contributed by atoms with Crippen molar-refractivity contribution in [1.29, 1.82) is 0 Å². The second kappa shape index (κ2) is 5.21. The number of hydrogen-bond donors (Lipinski definition) is 2. The van der Waals surface area contributed by atoms with Gasteiger partial charge in [0.25, 0.3) is 0 Å². The highest BCUT2D eigenvalue weighted by Crippen LogP contribution is 2.29. The van der Waals surface area contributed by atoms with Crippen LogP contribution in [-0.2, 0) is 0 Å². The largest absolute Gasteiger partial charge is 0.490 e. The Labute approximate surface area is 113 Å². The lowest BCUT2D eigenvalue weighted by Crippen LogP contribution is -2.36. The maximum atomic E-state index is 6.21. The van der Waals surface area contributed by atoms with Crippen molar-refractivity contribution < 1.29 is 4.74 Å². The quantitative estimate of drug-likeness (QED) is 0.891. The van der Waals surface area contributed by atoms with E-state index < -0.39 is 0 Å². The van der Waals surface area contributed by atoms with Gasteiger partial charge < -0.3 is 10.1 Å². The third-order valence-electron chi connectivity index (χ3n) is 4.17. The van der Waals surface area contributed by atoms with Crippen LogP contribution in [0.1, 0.15) is 31.2 Å². The first-order valence-corrected chi connectivity index (χ1v) is 7.04. The van der Waals surface area contributed by atoms with Crippen LogP contribution in [0.2, 0.25) is 0 Å². The van der Waals surface area contributed by atoms with Gasteiger partial charge in [0.2, 0.25) is 0 Å². The molecule has 2 aromatic rings. The molecule has 0 aliphatic heterocycles. The third kappa shape index (κ3) is 2.45. The van der Waals surface area contributed by atoms with Crippen LogP contribution in [0.5, 0.6) is 5.75 Å². The number of aromatic amines is 1. The van der Waals surface area contributed by atoms with Crippen molar-refractivity contribution in [3.63, 3.8) is 0 Å². The van der Waals surface area contributed by atoms with E-state index in [2.05, 4.69) is 28.5 Å². The molecule has 2 N–H and O–H groups in total. The lowest BCUT2D eigenvalue weighted by atomic mass is 9.93. The number of fused-ring (bicyclic) bond motifs is 1. The highest BCUT2D eigenvalue weighted by atomic mass is 16.5. The molecule has 1 fully saturated rings. The fourth-order valence-electron chi connectivity index (χ4n) is 2.96. The number of benzene rings is 1. The van der Waals surface area contributed by atoms with Crippen molar-refractivity contribution in [3.8, 4) is 5.75 Å². The lowest BCUT2D eigenvalue weighted by molar-refractivity contribution is 0.136. The number of rotatable bonds is 3. The van der Waals surface area contributed by atoms with E-state index in [9.17, 15) is 0 Å². The van der Waals surface area contributed by atoms with Crippen LogP contribution in [-0.4, -0.2) is 29.4 Å². The normalized spacial score (nSPS) is 23.7. The van der Waals surface area contributed by atoms with Gasteiger partial charge in [-0.3, -0.25) is 5.10 Å². The molecule has 1 aliphatic rings. The molecule has 1 aromatic carbocycles. The Morgan fingerprint density at radius 3 is 3.11 bits per heavy atom. The van der Waals surface area contributed by atoms with Crippen molar-refractivity contribution in [3.05, 3.63) is 23.9 Å². The van der Waals surface area contributed by atoms with Crippen molar-refractivity contribution in [2.75, 3.05) is 7.05 Å². The van der Waals surface area contributed by atoms with Crippen molar-refractivity contribution in [2.24, 2.45) is 0 Å². The average molecular weight is 259 g/mol. The highest BCUT2D eigenvalue weighted by molar-refractivity contribution is 5.83. The van der Waals surface area contributed by atoms with E-state index in [4.69, 9.17) is 4.74 Å². The van der Waals surface area contributed by atoms with Crippen LogP contribution < -0.4 is 10.1 Å². The maximum absolute atomic E-state index is 6.21. The molecule has 19 heavy (non-hydrogen) atoms. The molecule has 102 valence electrons. The topological polar surface area (TPSA) is 49.9 Å². The second-order valence-corrected chi connectivity index (χ2v) is 5.41. The van der Waals surface area contributed by atoms with E-state index >= 15 is 0 Å². The molecule has 0 amide bonds. The second-order valence-electron chi connectivity index (χ2n) is 5.41. The summed E-state index contributed by atoms with van der Waals surface area (Å²) in [4.78, 5) is 0. The summed E-state index contributed by atoms with van der Waals surface area (Å²) < 4.78 is 6.21. The van der Waals surface area contributed by atoms with Crippen LogP contribution in [0.25, 0.3) is 10.9 Å². The number of nitrogens with one attached hydrogen (secondary N) is 2. The first-order valence-electron chi connectivity index (χ1n) is 7.04. The van der Waals surface area contributed by atoms with Gasteiger partial charge in [-0.25, -0.2) is 0 Å². The molecule has 0 unspecified atom stereocenters. The summed E-state index contributed by atoms with van der Waals surface area (Å²) in [7, 11) is 2.04. The molecule has 3 rings (SSSR count). The van der Waals surface area contributed by atoms with Crippen LogP contribution in [0, 0.1) is 6.92 Å². The van der Waals surface area contributed by atoms with Gasteiger partial charge in [0.1, 0.15) is 11.9 Å². The van der Waals surface area contributed by atoms with E-state index in [0.717, 1.165) is 29.5 Å². The number of aromatic nitrogens is 2. The van der Waals surface area contributed by atoms with Gasteiger partial charge in [-0.15, -0.1) is 0 Å². The molecule has 1 heterocycles. The molecular formula is C15H21N3O. The Kier molecular flexibility index (Phi) is 3.42. The zero-order valence-electron chi connectivity index (χ0n) is 11.6. The summed E-state index contributed by atoms with van der Waals surface area (Å²) in [6.07, 6.45) is 6.95. The van der Waals surface area contributed by atoms with Crippen LogP contribution in [0.15, 0.2) is 18.3 Å². The standard InChI is InChI=1S/C15H21N3O/c1-10-13-9-17-18-14(13)6-7-15(10)19-12-5-3-4-11(8-12)16-2/h6-7,9,11-12,16H,3-5,8H2,1-2H3,(H,17,18)/t11-,12+/m1/s1. The van der Waals surface area contributed by atoms with Gasteiger partial charge in [0.05, 0.1) is 11.7 Å². The zero-order chi connectivity index (χ0) is 13.2. The van der Waals surface area contributed by atoms with Gasteiger partial charge in [-0.1, -0.05) is 0 Å². The number of hydrogen-bond acceptors (Lipinski definition) is 3. The monoisotopic (exact) mass is 259 g/mol. The van der Waals surface area contributed by atoms with E-state index in [0.29, 0.717) is 12.1 Å². The summed E-state index contributed by atoms with van der Waals surface area (Å²) in [6.45, 7) is 2.10. The molecule has 0 spiro atoms. The molecule has 2 atom stereocenters. The minimum Gasteiger partial charge on any atom is -0.490 e. The van der Waals surface area contributed by atoms with Crippen LogP contribution in [0.4, 0.5) is 0 Å². The van der Waals surface area contributed by atoms with Crippen molar-refractivity contribution in [2.45, 2.75) is 44.8 Å². The molecule has 0 radical (unpaired) electrons. The maximum Gasteiger partial charge on any atom is 0.123 e. The van der Waals surface area contributed by atoms with Gasteiger partial charge in [0.15, 0.2) is 0 Å². The SMILES string of the molecule is CN[C@@H]1CCC[C@H](Oc2ccc3[nH]ncc3c2C)C1. The summed E-state index contributed by atoms with van der Waals surface area (Å²) in [5.41, 5.74) is 2.25. The molecule has 4 nitrogen and oxygen atoms in total. The van der Waals surface area contributed by atoms with Gasteiger partial charge in [0, 0.05) is 17.0 Å². The molecule has 1 aromatic heterocycles. The smallest absolute Gasteiger partial charge is 0.123 e. The van der Waals surface area contributed by atoms with E-state index in [1.165, 1.54) is 18.4 Å². The third-order valence-corrected chi connectivity index (χ3v) is 4.17. The summed E-state index contributed by atoms with van der Waals surface area (Å²) in [5, 5.41) is 11.6. The van der Waals surface area contributed by atoms with Crippen molar-refractivity contribution in [1.82, 2.24) is 15.5 Å². The molecule has 1 aliphatic carbocycles. The fourth-order valence-corrected chi connectivity index (χ4v) is 2.96. The van der Waals surface area contributed by atoms with Gasteiger partial charge in [-0.2, -0.15) is 5.10 Å². The van der Waals surface area contributed by atoms with Crippen molar-refractivity contribution >= 4 is 10.9 Å². The fraction of sp³-hybridized carbons (Fsp3) is 0.533. The van der Waals surface area contributed by atoms with Gasteiger partial charge in [-0.05, 0) is 51.8 Å². The molecule has 0 saturated heterocycles. The Bertz CT molecular complexity index is 564. The zero-order valence-corrected chi connectivity index (χ0v) is 11.6. The first-order chi connectivity index (χ1) is 9.28. The lowest BCUT2D eigenvalue weighted by Gasteiger charge is -2.29. The summed E-state index contributed by atoms with van der Waals surface area (Å²) >= 11 is 0. The predicted molar refractivity (Wildman–Crippen MR) is 76.6 cm³/mol. The van der Waals surface area contributed by atoms with Crippen LogP contribution in [0.3, 0.4) is 0 Å². The number of aryl methyl sites for hydroxylation is 1. The number of H-pyrrole nitrogens is 1. The van der Waals surface area contributed by atoms with E-state index in [1.807, 2.05) is 19.3 Å². The highest BCUT2D eigenvalue weighted by Gasteiger charge is 2.22. The molecule has 0 bridgehead atoms. The first kappa shape index (κ1) is 12.5. The Morgan fingerprint density at radius 2 is 2.26 bits per heavy atom. The predicted octanol–water partition coefficient (Wildman–Crippen LogP) is 2.78.